The molecule has 1 aromatic rings. The Balaban J connectivity index is 0.000001000. The van der Waals surface area contributed by atoms with Crippen LogP contribution in [0.25, 0.3) is 0 Å². The second-order valence-electron chi connectivity index (χ2n) is 1.92. The van der Waals surface area contributed by atoms with Gasteiger partial charge in [0.1, 0.15) is 6.61 Å². The van der Waals surface area contributed by atoms with Crippen LogP contribution in [0.4, 0.5) is 0 Å². The SMILES string of the molecule is COCc1cc(CN)no1.Cl. The number of halogens is 1. The van der Waals surface area contributed by atoms with Crippen molar-refractivity contribution in [3.63, 3.8) is 0 Å². The Labute approximate surface area is 71.1 Å². The average molecular weight is 179 g/mol. The Morgan fingerprint density at radius 2 is 2.45 bits per heavy atom. The zero-order valence-corrected chi connectivity index (χ0v) is 7.06. The van der Waals surface area contributed by atoms with Gasteiger partial charge in [0.25, 0.3) is 0 Å². The van der Waals surface area contributed by atoms with Gasteiger partial charge in [0, 0.05) is 19.7 Å². The number of methoxy groups -OCH3 is 1. The molecule has 0 aliphatic heterocycles. The van der Waals surface area contributed by atoms with Gasteiger partial charge in [-0.2, -0.15) is 0 Å². The fourth-order valence-electron chi connectivity index (χ4n) is 0.662. The van der Waals surface area contributed by atoms with Crippen LogP contribution in [0.15, 0.2) is 10.6 Å². The molecule has 1 rings (SSSR count). The van der Waals surface area contributed by atoms with E-state index in [2.05, 4.69) is 5.16 Å². The van der Waals surface area contributed by atoms with Gasteiger partial charge < -0.3 is 15.0 Å². The largest absolute Gasteiger partial charge is 0.377 e. The van der Waals surface area contributed by atoms with Gasteiger partial charge in [-0.15, -0.1) is 12.4 Å². The van der Waals surface area contributed by atoms with Crippen molar-refractivity contribution in [3.8, 4) is 0 Å². The van der Waals surface area contributed by atoms with Crippen molar-refractivity contribution in [3.05, 3.63) is 17.5 Å². The predicted octanol–water partition coefficient (Wildman–Crippen LogP) is 0.702. The van der Waals surface area contributed by atoms with Crippen LogP contribution in [0.3, 0.4) is 0 Å². The van der Waals surface area contributed by atoms with E-state index in [4.69, 9.17) is 15.0 Å². The lowest BCUT2D eigenvalue weighted by Gasteiger charge is -1.87. The molecular weight excluding hydrogens is 168 g/mol. The molecule has 0 atom stereocenters. The van der Waals surface area contributed by atoms with E-state index < -0.39 is 0 Å². The average Bonchev–Trinajstić information content (AvgIpc) is 2.37. The van der Waals surface area contributed by atoms with Crippen LogP contribution in [0.5, 0.6) is 0 Å². The molecule has 0 radical (unpaired) electrons. The van der Waals surface area contributed by atoms with E-state index in [9.17, 15) is 0 Å². The number of rotatable bonds is 3. The number of hydrogen-bond donors (Lipinski definition) is 1. The van der Waals surface area contributed by atoms with Gasteiger partial charge in [-0.05, 0) is 0 Å². The van der Waals surface area contributed by atoms with E-state index in [1.54, 1.807) is 13.2 Å². The summed E-state index contributed by atoms with van der Waals surface area (Å²) in [6.45, 7) is 0.861. The van der Waals surface area contributed by atoms with E-state index in [-0.39, 0.29) is 12.4 Å². The van der Waals surface area contributed by atoms with Gasteiger partial charge in [0.15, 0.2) is 5.76 Å². The Morgan fingerprint density at radius 3 is 2.91 bits per heavy atom. The predicted molar refractivity (Wildman–Crippen MR) is 42.4 cm³/mol. The Morgan fingerprint density at radius 1 is 1.73 bits per heavy atom. The van der Waals surface area contributed by atoms with Gasteiger partial charge in [-0.3, -0.25) is 0 Å². The molecule has 4 nitrogen and oxygen atoms in total. The van der Waals surface area contributed by atoms with E-state index >= 15 is 0 Å². The van der Waals surface area contributed by atoms with Crippen LogP contribution in [-0.4, -0.2) is 12.3 Å². The molecule has 2 N–H and O–H groups in total. The van der Waals surface area contributed by atoms with Crippen LogP contribution in [-0.2, 0) is 17.9 Å². The highest BCUT2D eigenvalue weighted by Crippen LogP contribution is 2.02. The molecule has 0 spiro atoms. The van der Waals surface area contributed by atoms with Gasteiger partial charge in [-0.25, -0.2) is 0 Å². The fraction of sp³-hybridized carbons (Fsp3) is 0.500. The quantitative estimate of drug-likeness (QED) is 0.740. The van der Waals surface area contributed by atoms with Crippen molar-refractivity contribution in [1.82, 2.24) is 5.16 Å². The minimum atomic E-state index is 0. The second kappa shape index (κ2) is 5.12. The summed E-state index contributed by atoms with van der Waals surface area (Å²) >= 11 is 0. The first-order chi connectivity index (χ1) is 4.86. The molecule has 0 saturated heterocycles. The molecule has 0 aliphatic rings. The molecule has 1 heterocycles. The smallest absolute Gasteiger partial charge is 0.162 e. The second-order valence-corrected chi connectivity index (χ2v) is 1.92. The standard InChI is InChI=1S/C6H10N2O2.ClH/c1-9-4-6-2-5(3-7)8-10-6;/h2H,3-4,7H2,1H3;1H. The summed E-state index contributed by atoms with van der Waals surface area (Å²) < 4.78 is 9.65. The first-order valence-corrected chi connectivity index (χ1v) is 3.00. The van der Waals surface area contributed by atoms with Crippen molar-refractivity contribution in [2.24, 2.45) is 5.73 Å². The normalized spacial score (nSPS) is 9.27. The third-order valence-corrected chi connectivity index (χ3v) is 1.10. The highest BCUT2D eigenvalue weighted by molar-refractivity contribution is 5.85. The van der Waals surface area contributed by atoms with E-state index in [1.165, 1.54) is 0 Å². The maximum Gasteiger partial charge on any atom is 0.162 e. The third-order valence-electron chi connectivity index (χ3n) is 1.10. The van der Waals surface area contributed by atoms with Crippen molar-refractivity contribution < 1.29 is 9.26 Å². The number of aromatic nitrogens is 1. The van der Waals surface area contributed by atoms with Crippen LogP contribution in [0.1, 0.15) is 11.5 Å². The summed E-state index contributed by atoms with van der Waals surface area (Å²) in [7, 11) is 1.60. The topological polar surface area (TPSA) is 61.3 Å². The third kappa shape index (κ3) is 2.88. The molecule has 0 aliphatic carbocycles. The van der Waals surface area contributed by atoms with Gasteiger partial charge >= 0.3 is 0 Å². The summed E-state index contributed by atoms with van der Waals surface area (Å²) in [6.07, 6.45) is 0. The van der Waals surface area contributed by atoms with Crippen LogP contribution < -0.4 is 5.73 Å². The number of ether oxygens (including phenoxy) is 1. The van der Waals surface area contributed by atoms with Gasteiger partial charge in [0.05, 0.1) is 5.69 Å². The summed E-state index contributed by atoms with van der Waals surface area (Å²) in [5.74, 6) is 0.711. The lowest BCUT2D eigenvalue weighted by molar-refractivity contribution is 0.156. The van der Waals surface area contributed by atoms with Crippen LogP contribution in [0, 0.1) is 0 Å². The zero-order chi connectivity index (χ0) is 7.40. The summed E-state index contributed by atoms with van der Waals surface area (Å²) in [5, 5.41) is 3.67. The lowest BCUT2D eigenvalue weighted by atomic mass is 10.4. The molecule has 5 heteroatoms. The van der Waals surface area contributed by atoms with Crippen LogP contribution in [0.2, 0.25) is 0 Å². The molecule has 64 valence electrons. The first-order valence-electron chi connectivity index (χ1n) is 3.00. The summed E-state index contributed by atoms with van der Waals surface area (Å²) in [5.41, 5.74) is 6.05. The van der Waals surface area contributed by atoms with E-state index in [0.717, 1.165) is 5.69 Å². The molecule has 1 aromatic heterocycles. The number of hydrogen-bond acceptors (Lipinski definition) is 4. The maximum absolute atomic E-state index is 5.30. The minimum Gasteiger partial charge on any atom is -0.377 e. The van der Waals surface area contributed by atoms with Crippen molar-refractivity contribution in [1.29, 1.82) is 0 Å². The monoisotopic (exact) mass is 178 g/mol. The van der Waals surface area contributed by atoms with Gasteiger partial charge in [0.2, 0.25) is 0 Å². The molecule has 11 heavy (non-hydrogen) atoms. The molecule has 0 saturated carbocycles. The number of nitrogens with two attached hydrogens (primary N) is 1. The zero-order valence-electron chi connectivity index (χ0n) is 6.24. The molecule has 0 fully saturated rings. The molecule has 0 unspecified atom stereocenters. The maximum atomic E-state index is 5.30. The van der Waals surface area contributed by atoms with Crippen molar-refractivity contribution >= 4 is 12.4 Å². The molecular formula is C6H11ClN2O2. The Kier molecular flexibility index (Phi) is 4.85. The highest BCUT2D eigenvalue weighted by Gasteiger charge is 1.99. The van der Waals surface area contributed by atoms with Crippen molar-refractivity contribution in [2.45, 2.75) is 13.2 Å². The Hall–Kier alpha value is -0.580. The lowest BCUT2D eigenvalue weighted by Crippen LogP contribution is -1.95. The van der Waals surface area contributed by atoms with Crippen molar-refractivity contribution in [2.75, 3.05) is 7.11 Å². The molecule has 0 bridgehead atoms. The summed E-state index contributed by atoms with van der Waals surface area (Å²) in [6, 6.07) is 1.78. The first kappa shape index (κ1) is 10.4. The van der Waals surface area contributed by atoms with E-state index in [1.807, 2.05) is 0 Å². The fourth-order valence-corrected chi connectivity index (χ4v) is 0.662. The van der Waals surface area contributed by atoms with E-state index in [0.29, 0.717) is 18.9 Å². The minimum absolute atomic E-state index is 0. The summed E-state index contributed by atoms with van der Waals surface area (Å²) in [4.78, 5) is 0. The number of nitrogens with zero attached hydrogens (tertiary/aromatic N) is 1. The highest BCUT2D eigenvalue weighted by atomic mass is 35.5. The van der Waals surface area contributed by atoms with Crippen LogP contribution >= 0.6 is 12.4 Å². The van der Waals surface area contributed by atoms with Gasteiger partial charge in [-0.1, -0.05) is 5.16 Å². The Bertz CT molecular complexity index is 202. The molecule has 0 amide bonds. The molecule has 0 aromatic carbocycles.